The average molecular weight is 452 g/mol. The molecule has 1 aliphatic rings. The van der Waals surface area contributed by atoms with Crippen molar-refractivity contribution in [3.8, 4) is 0 Å². The lowest BCUT2D eigenvalue weighted by atomic mass is 9.94. The van der Waals surface area contributed by atoms with Gasteiger partial charge in [-0.15, -0.1) is 0 Å². The predicted molar refractivity (Wildman–Crippen MR) is 123 cm³/mol. The first-order chi connectivity index (χ1) is 15.9. The van der Waals surface area contributed by atoms with Crippen molar-refractivity contribution in [3.63, 3.8) is 0 Å². The average Bonchev–Trinajstić information content (AvgIpc) is 2.82. The molecule has 1 aromatic carbocycles. The summed E-state index contributed by atoms with van der Waals surface area (Å²) in [4.78, 5) is 28.3. The fraction of sp³-hybridized carbons (Fsp3) is 0.333. The minimum atomic E-state index is -1.54. The number of alkyl halides is 1. The van der Waals surface area contributed by atoms with Crippen molar-refractivity contribution in [2.45, 2.75) is 25.4 Å². The van der Waals surface area contributed by atoms with Gasteiger partial charge in [-0.2, -0.15) is 0 Å². The normalized spacial score (nSPS) is 15.3. The number of benzene rings is 1. The molecule has 0 amide bonds. The Bertz CT molecular complexity index is 1070. The fourth-order valence-corrected chi connectivity index (χ4v) is 3.76. The monoisotopic (exact) mass is 451 g/mol. The molecule has 2 aromatic heterocycles. The lowest BCUT2D eigenvalue weighted by Gasteiger charge is -2.36. The molecule has 1 N–H and O–H groups in total. The Labute approximate surface area is 191 Å². The zero-order chi connectivity index (χ0) is 23.3. The van der Waals surface area contributed by atoms with Crippen LogP contribution >= 0.6 is 0 Å². The fourth-order valence-electron chi connectivity index (χ4n) is 3.76. The number of rotatable bonds is 8. The number of halogens is 1. The van der Waals surface area contributed by atoms with Crippen molar-refractivity contribution in [1.82, 2.24) is 15.0 Å². The number of para-hydroxylation sites is 1. The van der Waals surface area contributed by atoms with Crippen molar-refractivity contribution >= 4 is 29.1 Å². The maximum Gasteiger partial charge on any atom is 0.329 e. The number of hydrogen-bond acceptors (Lipinski definition) is 7. The van der Waals surface area contributed by atoms with Crippen molar-refractivity contribution in [3.05, 3.63) is 66.6 Å². The van der Waals surface area contributed by atoms with Gasteiger partial charge in [-0.05, 0) is 30.7 Å². The van der Waals surface area contributed by atoms with E-state index < -0.39 is 18.2 Å². The van der Waals surface area contributed by atoms with E-state index >= 15 is 0 Å². The van der Waals surface area contributed by atoms with Crippen LogP contribution in [0.3, 0.4) is 0 Å². The summed E-state index contributed by atoms with van der Waals surface area (Å²) >= 11 is 0. The van der Waals surface area contributed by atoms with Gasteiger partial charge >= 0.3 is 5.97 Å². The second-order valence-electron chi connectivity index (χ2n) is 8.12. The molecule has 1 saturated heterocycles. The number of piperidine rings is 1. The van der Waals surface area contributed by atoms with Crippen LogP contribution < -0.4 is 9.80 Å². The van der Waals surface area contributed by atoms with Gasteiger partial charge in [0.1, 0.15) is 23.9 Å². The summed E-state index contributed by atoms with van der Waals surface area (Å²) < 4.78 is 20.0. The quantitative estimate of drug-likeness (QED) is 0.548. The molecule has 172 valence electrons. The second kappa shape index (κ2) is 9.91. The first-order valence-electron chi connectivity index (χ1n) is 10.8. The molecule has 0 radical (unpaired) electrons. The Morgan fingerprint density at radius 2 is 1.88 bits per heavy atom. The summed E-state index contributed by atoms with van der Waals surface area (Å²) in [5.74, 6) is 0.871. The van der Waals surface area contributed by atoms with E-state index in [9.17, 15) is 9.18 Å². The Kier molecular flexibility index (Phi) is 6.79. The standard InChI is InChI=1S/C24H26FN5O3/c1-18-7-8-20(27-13-18)30(19-5-3-2-4-6-19)22-15-26-14-21(28-22)29-11-9-24(25,10-12-29)17-33-16-23(31)32/h2-8,13-15H,9-12,16-17H2,1H3,(H,31,32). The summed E-state index contributed by atoms with van der Waals surface area (Å²) in [6.45, 7) is 2.13. The third-order valence-corrected chi connectivity index (χ3v) is 5.55. The van der Waals surface area contributed by atoms with E-state index in [-0.39, 0.29) is 19.4 Å². The largest absolute Gasteiger partial charge is 0.480 e. The summed E-state index contributed by atoms with van der Waals surface area (Å²) in [7, 11) is 0. The number of hydrogen-bond donors (Lipinski definition) is 1. The highest BCUT2D eigenvalue weighted by Gasteiger charge is 2.35. The first-order valence-corrected chi connectivity index (χ1v) is 10.8. The minimum absolute atomic E-state index is 0.222. The molecule has 1 fully saturated rings. The number of carboxylic acids is 1. The molecular formula is C24H26FN5O3. The predicted octanol–water partition coefficient (Wildman–Crippen LogP) is 4.06. The Morgan fingerprint density at radius 3 is 2.55 bits per heavy atom. The molecule has 1 aliphatic heterocycles. The number of carbonyl (C=O) groups is 1. The topological polar surface area (TPSA) is 91.7 Å². The minimum Gasteiger partial charge on any atom is -0.480 e. The molecule has 0 saturated carbocycles. The van der Waals surface area contributed by atoms with Crippen LogP contribution in [-0.4, -0.2) is 58.0 Å². The zero-order valence-corrected chi connectivity index (χ0v) is 18.4. The summed E-state index contributed by atoms with van der Waals surface area (Å²) in [5.41, 5.74) is 0.415. The molecule has 8 nitrogen and oxygen atoms in total. The van der Waals surface area contributed by atoms with E-state index in [1.54, 1.807) is 18.6 Å². The van der Waals surface area contributed by atoms with Crippen LogP contribution in [0.15, 0.2) is 61.1 Å². The van der Waals surface area contributed by atoms with Gasteiger partial charge in [0, 0.05) is 37.8 Å². The third kappa shape index (κ3) is 5.61. The lowest BCUT2D eigenvalue weighted by Crippen LogP contribution is -2.45. The lowest BCUT2D eigenvalue weighted by molar-refractivity contribution is -0.144. The molecule has 9 heteroatoms. The highest BCUT2D eigenvalue weighted by molar-refractivity contribution is 5.72. The summed E-state index contributed by atoms with van der Waals surface area (Å²) in [6, 6.07) is 13.7. The van der Waals surface area contributed by atoms with E-state index in [0.29, 0.717) is 24.7 Å². The molecule has 0 aliphatic carbocycles. The van der Waals surface area contributed by atoms with Crippen LogP contribution in [0.25, 0.3) is 0 Å². The van der Waals surface area contributed by atoms with Gasteiger partial charge in [0.25, 0.3) is 0 Å². The van der Waals surface area contributed by atoms with Crippen LogP contribution in [0.2, 0.25) is 0 Å². The van der Waals surface area contributed by atoms with Gasteiger partial charge < -0.3 is 14.7 Å². The summed E-state index contributed by atoms with van der Waals surface area (Å²) in [6.07, 6.45) is 5.60. The smallest absolute Gasteiger partial charge is 0.329 e. The third-order valence-electron chi connectivity index (χ3n) is 5.55. The van der Waals surface area contributed by atoms with Gasteiger partial charge in [-0.1, -0.05) is 24.3 Å². The number of ether oxygens (including phenoxy) is 1. The molecular weight excluding hydrogens is 425 g/mol. The van der Waals surface area contributed by atoms with Gasteiger partial charge in [-0.25, -0.2) is 19.2 Å². The number of carboxylic acid groups (broad SMARTS) is 1. The molecule has 0 atom stereocenters. The van der Waals surface area contributed by atoms with E-state index in [2.05, 4.69) is 9.97 Å². The van der Waals surface area contributed by atoms with Crippen LogP contribution in [0, 0.1) is 6.92 Å². The SMILES string of the molecule is Cc1ccc(N(c2ccccc2)c2cncc(N3CCC(F)(COCC(=O)O)CC3)n2)nc1. The highest BCUT2D eigenvalue weighted by atomic mass is 19.1. The van der Waals surface area contributed by atoms with Crippen molar-refractivity contribution in [1.29, 1.82) is 0 Å². The van der Waals surface area contributed by atoms with Crippen molar-refractivity contribution < 1.29 is 19.0 Å². The van der Waals surface area contributed by atoms with Crippen LogP contribution in [-0.2, 0) is 9.53 Å². The number of pyridine rings is 1. The van der Waals surface area contributed by atoms with Crippen molar-refractivity contribution in [2.24, 2.45) is 0 Å². The molecule has 3 aromatic rings. The molecule has 0 spiro atoms. The maximum atomic E-state index is 15.0. The van der Waals surface area contributed by atoms with Crippen molar-refractivity contribution in [2.75, 3.05) is 36.1 Å². The van der Waals surface area contributed by atoms with E-state index in [1.165, 1.54) is 0 Å². The maximum absolute atomic E-state index is 15.0. The Balaban J connectivity index is 1.54. The van der Waals surface area contributed by atoms with Gasteiger partial charge in [0.15, 0.2) is 5.82 Å². The number of nitrogens with zero attached hydrogens (tertiary/aromatic N) is 5. The number of aromatic nitrogens is 3. The van der Waals surface area contributed by atoms with E-state index in [0.717, 1.165) is 17.1 Å². The molecule has 0 bridgehead atoms. The van der Waals surface area contributed by atoms with Crippen LogP contribution in [0.1, 0.15) is 18.4 Å². The molecule has 4 rings (SSSR count). The molecule has 3 heterocycles. The first kappa shape index (κ1) is 22.6. The zero-order valence-electron chi connectivity index (χ0n) is 18.4. The van der Waals surface area contributed by atoms with E-state index in [4.69, 9.17) is 14.8 Å². The van der Waals surface area contributed by atoms with Crippen LogP contribution in [0.4, 0.5) is 27.5 Å². The molecule has 33 heavy (non-hydrogen) atoms. The van der Waals surface area contributed by atoms with Gasteiger partial charge in [0.2, 0.25) is 0 Å². The molecule has 0 unspecified atom stereocenters. The van der Waals surface area contributed by atoms with E-state index in [1.807, 2.05) is 59.2 Å². The summed E-state index contributed by atoms with van der Waals surface area (Å²) in [5, 5.41) is 8.69. The van der Waals surface area contributed by atoms with Crippen LogP contribution in [0.5, 0.6) is 0 Å². The van der Waals surface area contributed by atoms with Gasteiger partial charge in [0.05, 0.1) is 19.0 Å². The Morgan fingerprint density at radius 1 is 1.12 bits per heavy atom. The number of aryl methyl sites for hydroxylation is 1. The second-order valence-corrected chi connectivity index (χ2v) is 8.12. The Hall–Kier alpha value is -3.59. The van der Waals surface area contributed by atoms with Gasteiger partial charge in [-0.3, -0.25) is 9.88 Å². The number of anilines is 4. The highest BCUT2D eigenvalue weighted by Crippen LogP contribution is 2.34. The number of aliphatic carboxylic acids is 1.